The molecule has 1 aliphatic heterocycles. The molecular weight excluding hydrogens is 206 g/mol. The van der Waals surface area contributed by atoms with Gasteiger partial charge in [0, 0.05) is 6.04 Å². The number of nitrogens with zero attached hydrogens (tertiary/aromatic N) is 1. The summed E-state index contributed by atoms with van der Waals surface area (Å²) >= 11 is 0. The van der Waals surface area contributed by atoms with Crippen molar-refractivity contribution >= 4 is 0 Å². The molecule has 1 heterocycles. The van der Waals surface area contributed by atoms with Gasteiger partial charge in [-0.25, -0.2) is 0 Å². The number of hydrogen-bond donors (Lipinski definition) is 0. The summed E-state index contributed by atoms with van der Waals surface area (Å²) < 4.78 is 0. The molecule has 1 aliphatic rings. The van der Waals surface area contributed by atoms with Crippen LogP contribution in [0.25, 0.3) is 0 Å². The maximum absolute atomic E-state index is 2.56. The van der Waals surface area contributed by atoms with Crippen molar-refractivity contribution in [3.63, 3.8) is 0 Å². The van der Waals surface area contributed by atoms with Crippen molar-refractivity contribution in [3.05, 3.63) is 36.4 Å². The lowest BCUT2D eigenvalue weighted by atomic mass is 10.1. The molecule has 0 aliphatic carbocycles. The first kappa shape index (κ1) is 16.2. The van der Waals surface area contributed by atoms with Crippen LogP contribution in [0.1, 0.15) is 47.0 Å². The molecule has 0 amide bonds. The third-order valence-electron chi connectivity index (χ3n) is 2.79. The highest BCUT2D eigenvalue weighted by Crippen LogP contribution is 2.10. The Morgan fingerprint density at radius 1 is 0.706 bits per heavy atom. The van der Waals surface area contributed by atoms with Gasteiger partial charge < -0.3 is 4.90 Å². The topological polar surface area (TPSA) is 3.24 Å². The zero-order valence-corrected chi connectivity index (χ0v) is 12.0. The molecule has 1 aromatic rings. The van der Waals surface area contributed by atoms with Crippen molar-refractivity contribution in [2.45, 2.75) is 53.0 Å². The molecule has 0 aromatic heterocycles. The van der Waals surface area contributed by atoms with Gasteiger partial charge in [-0.05, 0) is 39.8 Å². The van der Waals surface area contributed by atoms with E-state index in [0.29, 0.717) is 0 Å². The van der Waals surface area contributed by atoms with Crippen LogP contribution in [-0.2, 0) is 0 Å². The minimum Gasteiger partial charge on any atom is -0.301 e. The molecule has 0 saturated carbocycles. The highest BCUT2D eigenvalue weighted by Gasteiger charge is 2.11. The standard InChI is InChI=1S/C8H17N.C6H6.C2H6/c1-8(2)9-6-4-3-5-7-9;1-2-4-6-5-3-1;1-2/h8H,3-7H2,1-2H3;1-6H;1-2H3. The van der Waals surface area contributed by atoms with Crippen molar-refractivity contribution in [3.8, 4) is 0 Å². The van der Waals surface area contributed by atoms with E-state index in [1.807, 2.05) is 50.2 Å². The van der Waals surface area contributed by atoms with Gasteiger partial charge in [0.15, 0.2) is 0 Å². The Hall–Kier alpha value is -0.820. The highest BCUT2D eigenvalue weighted by atomic mass is 15.1. The normalized spacial score (nSPS) is 15.4. The molecule has 1 saturated heterocycles. The van der Waals surface area contributed by atoms with E-state index in [4.69, 9.17) is 0 Å². The van der Waals surface area contributed by atoms with E-state index in [0.717, 1.165) is 6.04 Å². The molecule has 0 bridgehead atoms. The first-order valence-corrected chi connectivity index (χ1v) is 7.05. The Labute approximate surface area is 108 Å². The maximum atomic E-state index is 2.56. The average Bonchev–Trinajstić information content (AvgIpc) is 2.44. The van der Waals surface area contributed by atoms with Gasteiger partial charge in [0.2, 0.25) is 0 Å². The molecule has 0 spiro atoms. The SMILES string of the molecule is CC.CC(C)N1CCCCC1.c1ccccc1. The second kappa shape index (κ2) is 11.7. The van der Waals surface area contributed by atoms with Gasteiger partial charge in [-0.2, -0.15) is 0 Å². The van der Waals surface area contributed by atoms with Gasteiger partial charge in [0.05, 0.1) is 0 Å². The van der Waals surface area contributed by atoms with Gasteiger partial charge in [0.1, 0.15) is 0 Å². The van der Waals surface area contributed by atoms with Crippen molar-refractivity contribution in [2.24, 2.45) is 0 Å². The number of hydrogen-bond acceptors (Lipinski definition) is 1. The van der Waals surface area contributed by atoms with Crippen LogP contribution in [0.3, 0.4) is 0 Å². The van der Waals surface area contributed by atoms with Crippen molar-refractivity contribution in [2.75, 3.05) is 13.1 Å². The lowest BCUT2D eigenvalue weighted by Crippen LogP contribution is -2.35. The molecule has 0 atom stereocenters. The van der Waals surface area contributed by atoms with Crippen LogP contribution in [0.4, 0.5) is 0 Å². The molecule has 2 rings (SSSR count). The largest absolute Gasteiger partial charge is 0.301 e. The monoisotopic (exact) mass is 235 g/mol. The predicted octanol–water partition coefficient (Wildman–Crippen LogP) is 4.59. The molecule has 0 unspecified atom stereocenters. The fourth-order valence-corrected chi connectivity index (χ4v) is 1.82. The van der Waals surface area contributed by atoms with E-state index < -0.39 is 0 Å². The Morgan fingerprint density at radius 2 is 1.06 bits per heavy atom. The summed E-state index contributed by atoms with van der Waals surface area (Å²) in [7, 11) is 0. The van der Waals surface area contributed by atoms with E-state index >= 15 is 0 Å². The Morgan fingerprint density at radius 3 is 1.29 bits per heavy atom. The minimum atomic E-state index is 0.769. The average molecular weight is 235 g/mol. The molecular formula is C16H29N. The Bertz CT molecular complexity index is 198. The van der Waals surface area contributed by atoms with Crippen LogP contribution < -0.4 is 0 Å². The first-order chi connectivity index (χ1) is 8.30. The van der Waals surface area contributed by atoms with Crippen LogP contribution in [0.15, 0.2) is 36.4 Å². The molecule has 1 heteroatoms. The minimum absolute atomic E-state index is 0.769. The zero-order chi connectivity index (χ0) is 12.9. The second-order valence-corrected chi connectivity index (χ2v) is 4.35. The van der Waals surface area contributed by atoms with Gasteiger partial charge in [-0.1, -0.05) is 56.7 Å². The number of piperidine rings is 1. The second-order valence-electron chi connectivity index (χ2n) is 4.35. The first-order valence-electron chi connectivity index (χ1n) is 7.05. The summed E-state index contributed by atoms with van der Waals surface area (Å²) in [6.45, 7) is 11.2. The summed E-state index contributed by atoms with van der Waals surface area (Å²) in [5, 5.41) is 0. The summed E-state index contributed by atoms with van der Waals surface area (Å²) in [6.07, 6.45) is 4.28. The van der Waals surface area contributed by atoms with E-state index in [9.17, 15) is 0 Å². The smallest absolute Gasteiger partial charge is 0.00385 e. The molecule has 1 fully saturated rings. The quantitative estimate of drug-likeness (QED) is 0.688. The molecule has 17 heavy (non-hydrogen) atoms. The van der Waals surface area contributed by atoms with Gasteiger partial charge in [-0.15, -0.1) is 0 Å². The predicted molar refractivity (Wildman–Crippen MR) is 78.4 cm³/mol. The Kier molecular flexibility index (Phi) is 11.1. The fourth-order valence-electron chi connectivity index (χ4n) is 1.82. The fraction of sp³-hybridized carbons (Fsp3) is 0.625. The van der Waals surface area contributed by atoms with E-state index in [1.54, 1.807) is 0 Å². The molecule has 1 nitrogen and oxygen atoms in total. The lowest BCUT2D eigenvalue weighted by molar-refractivity contribution is 0.185. The number of likely N-dealkylation sites (tertiary alicyclic amines) is 1. The van der Waals surface area contributed by atoms with E-state index in [-0.39, 0.29) is 0 Å². The maximum Gasteiger partial charge on any atom is 0.00385 e. The molecule has 1 aromatic carbocycles. The van der Waals surface area contributed by atoms with Crippen LogP contribution in [0, 0.1) is 0 Å². The van der Waals surface area contributed by atoms with Gasteiger partial charge in [0.25, 0.3) is 0 Å². The van der Waals surface area contributed by atoms with E-state index in [2.05, 4.69) is 18.7 Å². The highest BCUT2D eigenvalue weighted by molar-refractivity contribution is 4.99. The number of rotatable bonds is 1. The van der Waals surface area contributed by atoms with Gasteiger partial charge in [-0.3, -0.25) is 0 Å². The van der Waals surface area contributed by atoms with Crippen LogP contribution in [0.5, 0.6) is 0 Å². The van der Waals surface area contributed by atoms with Crippen molar-refractivity contribution < 1.29 is 0 Å². The molecule has 0 N–H and O–H groups in total. The molecule has 0 radical (unpaired) electrons. The summed E-state index contributed by atoms with van der Waals surface area (Å²) in [5.41, 5.74) is 0. The number of benzene rings is 1. The van der Waals surface area contributed by atoms with Crippen LogP contribution in [-0.4, -0.2) is 24.0 Å². The Balaban J connectivity index is 0.000000278. The zero-order valence-electron chi connectivity index (χ0n) is 12.0. The van der Waals surface area contributed by atoms with Crippen molar-refractivity contribution in [1.82, 2.24) is 4.90 Å². The van der Waals surface area contributed by atoms with Crippen LogP contribution >= 0.6 is 0 Å². The molecule has 98 valence electrons. The summed E-state index contributed by atoms with van der Waals surface area (Å²) in [4.78, 5) is 2.56. The van der Waals surface area contributed by atoms with E-state index in [1.165, 1.54) is 32.4 Å². The lowest BCUT2D eigenvalue weighted by Gasteiger charge is -2.29. The van der Waals surface area contributed by atoms with Crippen molar-refractivity contribution in [1.29, 1.82) is 0 Å². The summed E-state index contributed by atoms with van der Waals surface area (Å²) in [5.74, 6) is 0. The third kappa shape index (κ3) is 8.93. The summed E-state index contributed by atoms with van der Waals surface area (Å²) in [6, 6.07) is 12.8. The van der Waals surface area contributed by atoms with Crippen LogP contribution in [0.2, 0.25) is 0 Å². The third-order valence-corrected chi connectivity index (χ3v) is 2.79. The van der Waals surface area contributed by atoms with Gasteiger partial charge >= 0.3 is 0 Å².